The summed E-state index contributed by atoms with van der Waals surface area (Å²) in [5.41, 5.74) is 0. The molecule has 0 fully saturated rings. The fourth-order valence-corrected chi connectivity index (χ4v) is 5.22. The average molecular weight is 531 g/mol. The van der Waals surface area contributed by atoms with Crippen molar-refractivity contribution in [3.8, 4) is 11.5 Å². The molecule has 0 aliphatic carbocycles. The summed E-state index contributed by atoms with van der Waals surface area (Å²) in [6.45, 7) is 5.95. The van der Waals surface area contributed by atoms with Crippen LogP contribution >= 0.6 is 8.60 Å². The zero-order valence-corrected chi connectivity index (χ0v) is 24.3. The van der Waals surface area contributed by atoms with E-state index in [0.717, 1.165) is 37.4 Å². The molecule has 1 atom stereocenters. The third-order valence-corrected chi connectivity index (χ3v) is 7.58. The van der Waals surface area contributed by atoms with Crippen LogP contribution in [0.25, 0.3) is 0 Å². The van der Waals surface area contributed by atoms with E-state index < -0.39 is 8.60 Å². The number of para-hydroxylation sites is 2. The molecule has 0 saturated heterocycles. The first-order chi connectivity index (χ1) is 18.3. The smallest absolute Gasteiger partial charge is 0.418 e. The third-order valence-electron chi connectivity index (χ3n) is 6.46. The molecular weight excluding hydrogens is 479 g/mol. The zero-order chi connectivity index (χ0) is 26.2. The Morgan fingerprint density at radius 2 is 1.03 bits per heavy atom. The number of unbranched alkanes of at least 4 members (excludes halogenated alkanes) is 11. The van der Waals surface area contributed by atoms with Crippen LogP contribution in [0.4, 0.5) is 0 Å². The highest BCUT2D eigenvalue weighted by molar-refractivity contribution is 7.42. The van der Waals surface area contributed by atoms with E-state index in [1.807, 2.05) is 60.7 Å². The molecule has 0 N–H and O–H groups in total. The minimum absolute atomic E-state index is 0.233. The molecule has 0 heterocycles. The molecule has 2 rings (SSSR count). The summed E-state index contributed by atoms with van der Waals surface area (Å²) in [7, 11) is -1.55. The molecule has 2 aromatic rings. The molecule has 0 bridgehead atoms. The van der Waals surface area contributed by atoms with Crippen molar-refractivity contribution in [2.24, 2.45) is 0 Å². The standard InChI is InChI=1S/C32H51O4P/c1-3-5-7-9-10-11-13-21-28-33-30(22-16-12-8-6-4-2)27-29-34-37(35-31-23-17-14-18-24-31)36-32-25-19-15-20-26-32/h14-15,17-20,23-26,30H,3-13,16,21-22,27-29H2,1-2H3. The summed E-state index contributed by atoms with van der Waals surface area (Å²) in [5, 5.41) is 0. The normalized spacial score (nSPS) is 12.1. The maximum absolute atomic E-state index is 6.36. The van der Waals surface area contributed by atoms with Crippen LogP contribution in [0.2, 0.25) is 0 Å². The Hall–Kier alpha value is -1.61. The molecule has 208 valence electrons. The molecule has 0 saturated carbocycles. The van der Waals surface area contributed by atoms with Gasteiger partial charge in [-0.15, -0.1) is 0 Å². The number of rotatable bonds is 24. The molecule has 0 radical (unpaired) electrons. The Kier molecular flexibility index (Phi) is 19.1. The molecule has 0 aliphatic rings. The minimum atomic E-state index is -1.55. The molecular formula is C32H51O4P. The molecule has 0 amide bonds. The van der Waals surface area contributed by atoms with Crippen molar-refractivity contribution in [3.05, 3.63) is 60.7 Å². The largest absolute Gasteiger partial charge is 0.463 e. The van der Waals surface area contributed by atoms with Gasteiger partial charge in [0.25, 0.3) is 0 Å². The van der Waals surface area contributed by atoms with Crippen molar-refractivity contribution in [1.82, 2.24) is 0 Å². The molecule has 5 heteroatoms. The van der Waals surface area contributed by atoms with Gasteiger partial charge in [0.05, 0.1) is 12.7 Å². The Labute approximate surface area is 228 Å². The van der Waals surface area contributed by atoms with Gasteiger partial charge in [0.15, 0.2) is 0 Å². The maximum atomic E-state index is 6.36. The Bertz CT molecular complexity index is 701. The number of benzene rings is 2. The molecule has 0 aromatic heterocycles. The van der Waals surface area contributed by atoms with Crippen LogP contribution in [0.5, 0.6) is 11.5 Å². The minimum Gasteiger partial charge on any atom is -0.418 e. The molecule has 37 heavy (non-hydrogen) atoms. The van der Waals surface area contributed by atoms with Gasteiger partial charge in [-0.25, -0.2) is 0 Å². The second kappa shape index (κ2) is 22.4. The van der Waals surface area contributed by atoms with E-state index in [2.05, 4.69) is 13.8 Å². The van der Waals surface area contributed by atoms with Gasteiger partial charge in [0.2, 0.25) is 0 Å². The van der Waals surface area contributed by atoms with E-state index in [9.17, 15) is 0 Å². The van der Waals surface area contributed by atoms with Crippen molar-refractivity contribution in [2.75, 3.05) is 13.2 Å². The Morgan fingerprint density at radius 1 is 0.541 bits per heavy atom. The van der Waals surface area contributed by atoms with E-state index >= 15 is 0 Å². The van der Waals surface area contributed by atoms with Gasteiger partial charge < -0.3 is 13.8 Å². The number of ether oxygens (including phenoxy) is 1. The molecule has 2 aromatic carbocycles. The fraction of sp³-hybridized carbons (Fsp3) is 0.625. The van der Waals surface area contributed by atoms with Gasteiger partial charge in [0, 0.05) is 6.61 Å². The van der Waals surface area contributed by atoms with Crippen LogP contribution in [-0.2, 0) is 9.26 Å². The lowest BCUT2D eigenvalue weighted by Gasteiger charge is -2.21. The summed E-state index contributed by atoms with van der Waals surface area (Å²) in [4.78, 5) is 0. The SMILES string of the molecule is CCCCCCCCCCOC(CCCCCCC)CCOP(Oc1ccccc1)Oc1ccccc1. The van der Waals surface area contributed by atoms with Gasteiger partial charge in [0.1, 0.15) is 11.5 Å². The van der Waals surface area contributed by atoms with Crippen molar-refractivity contribution in [2.45, 2.75) is 116 Å². The summed E-state index contributed by atoms with van der Waals surface area (Å²) < 4.78 is 24.6. The van der Waals surface area contributed by atoms with E-state index in [0.29, 0.717) is 6.61 Å². The average Bonchev–Trinajstić information content (AvgIpc) is 2.92. The second-order valence-electron chi connectivity index (χ2n) is 9.82. The van der Waals surface area contributed by atoms with E-state index in [4.69, 9.17) is 18.3 Å². The van der Waals surface area contributed by atoms with Crippen LogP contribution in [0.1, 0.15) is 110 Å². The quantitative estimate of drug-likeness (QED) is 0.0999. The lowest BCUT2D eigenvalue weighted by molar-refractivity contribution is 0.0282. The predicted molar refractivity (Wildman–Crippen MR) is 157 cm³/mol. The lowest BCUT2D eigenvalue weighted by atomic mass is 10.1. The first kappa shape index (κ1) is 31.6. The number of hydrogen-bond donors (Lipinski definition) is 0. The molecule has 0 aliphatic heterocycles. The van der Waals surface area contributed by atoms with Crippen LogP contribution in [0.15, 0.2) is 60.7 Å². The molecule has 1 unspecified atom stereocenters. The van der Waals surface area contributed by atoms with Gasteiger partial charge >= 0.3 is 8.60 Å². The molecule has 0 spiro atoms. The summed E-state index contributed by atoms with van der Waals surface area (Å²) in [6.07, 6.45) is 19.2. The summed E-state index contributed by atoms with van der Waals surface area (Å²) in [6, 6.07) is 19.5. The predicted octanol–water partition coefficient (Wildman–Crippen LogP) is 10.7. The maximum Gasteiger partial charge on any atom is 0.463 e. The second-order valence-corrected chi connectivity index (χ2v) is 10.9. The Morgan fingerprint density at radius 3 is 1.57 bits per heavy atom. The molecule has 4 nitrogen and oxygen atoms in total. The first-order valence-electron chi connectivity index (χ1n) is 14.8. The topological polar surface area (TPSA) is 36.9 Å². The van der Waals surface area contributed by atoms with Gasteiger partial charge in [-0.3, -0.25) is 4.52 Å². The van der Waals surface area contributed by atoms with E-state index in [1.165, 1.54) is 77.0 Å². The van der Waals surface area contributed by atoms with Crippen molar-refractivity contribution >= 4 is 8.60 Å². The van der Waals surface area contributed by atoms with Gasteiger partial charge in [-0.2, -0.15) is 0 Å². The lowest BCUT2D eigenvalue weighted by Crippen LogP contribution is -2.17. The monoisotopic (exact) mass is 530 g/mol. The van der Waals surface area contributed by atoms with Crippen LogP contribution in [0, 0.1) is 0 Å². The van der Waals surface area contributed by atoms with Crippen molar-refractivity contribution in [1.29, 1.82) is 0 Å². The van der Waals surface area contributed by atoms with Gasteiger partial charge in [-0.1, -0.05) is 127 Å². The third kappa shape index (κ3) is 16.8. The zero-order valence-electron chi connectivity index (χ0n) is 23.5. The highest BCUT2D eigenvalue weighted by Gasteiger charge is 2.19. The highest BCUT2D eigenvalue weighted by atomic mass is 31.2. The summed E-state index contributed by atoms with van der Waals surface area (Å²) >= 11 is 0. The fourth-order valence-electron chi connectivity index (χ4n) is 4.24. The summed E-state index contributed by atoms with van der Waals surface area (Å²) in [5.74, 6) is 1.51. The van der Waals surface area contributed by atoms with Gasteiger partial charge in [-0.05, 0) is 43.5 Å². The van der Waals surface area contributed by atoms with Crippen LogP contribution < -0.4 is 9.05 Å². The highest BCUT2D eigenvalue weighted by Crippen LogP contribution is 2.41. The van der Waals surface area contributed by atoms with E-state index in [-0.39, 0.29) is 6.10 Å². The number of hydrogen-bond acceptors (Lipinski definition) is 4. The van der Waals surface area contributed by atoms with Crippen LogP contribution in [-0.4, -0.2) is 19.3 Å². The Balaban J connectivity index is 1.77. The van der Waals surface area contributed by atoms with Crippen molar-refractivity contribution in [3.63, 3.8) is 0 Å². The van der Waals surface area contributed by atoms with Crippen molar-refractivity contribution < 1.29 is 18.3 Å². The van der Waals surface area contributed by atoms with E-state index in [1.54, 1.807) is 0 Å². The first-order valence-corrected chi connectivity index (χ1v) is 15.9. The van der Waals surface area contributed by atoms with Crippen LogP contribution in [0.3, 0.4) is 0 Å².